The van der Waals surface area contributed by atoms with Crippen molar-refractivity contribution in [3.05, 3.63) is 0 Å². The van der Waals surface area contributed by atoms with Crippen LogP contribution < -0.4 is 5.32 Å². The molecule has 0 bridgehead atoms. The van der Waals surface area contributed by atoms with Gasteiger partial charge in [0.2, 0.25) is 5.91 Å². The minimum atomic E-state index is -0.403. The average Bonchev–Trinajstić information content (AvgIpc) is 2.36. The quantitative estimate of drug-likeness (QED) is 0.717. The number of aldehydes is 1. The van der Waals surface area contributed by atoms with E-state index in [0.717, 1.165) is 32.2 Å². The Balaban J connectivity index is 2.39. The first-order valence-electron chi connectivity index (χ1n) is 6.91. The first kappa shape index (κ1) is 15.8. The number of nitrogens with one attached hydrogen (secondary N) is 1. The van der Waals surface area contributed by atoms with Crippen LogP contribution >= 0.6 is 0 Å². The number of likely N-dealkylation sites (tertiary alicyclic amines) is 1. The second kappa shape index (κ2) is 7.38. The number of carbonyl (C=O) groups is 3. The van der Waals surface area contributed by atoms with Gasteiger partial charge in [0.05, 0.1) is 12.6 Å². The second-order valence-electron chi connectivity index (χ2n) is 5.65. The van der Waals surface area contributed by atoms with Crippen molar-refractivity contribution >= 4 is 18.0 Å². The van der Waals surface area contributed by atoms with E-state index >= 15 is 0 Å². The SMILES string of the molecule is CC(=O)C(NC(=O)CN1CCC(C=O)CC1)C(C)C. The molecule has 0 aromatic carbocycles. The molecular formula is C14H24N2O3. The molecule has 19 heavy (non-hydrogen) atoms. The smallest absolute Gasteiger partial charge is 0.234 e. The number of hydrogen-bond acceptors (Lipinski definition) is 4. The summed E-state index contributed by atoms with van der Waals surface area (Å²) in [5.41, 5.74) is 0. The van der Waals surface area contributed by atoms with Gasteiger partial charge in [-0.15, -0.1) is 0 Å². The van der Waals surface area contributed by atoms with Gasteiger partial charge in [0.15, 0.2) is 5.78 Å². The fourth-order valence-electron chi connectivity index (χ4n) is 2.41. The van der Waals surface area contributed by atoms with Gasteiger partial charge in [-0.25, -0.2) is 0 Å². The van der Waals surface area contributed by atoms with Gasteiger partial charge in [0.1, 0.15) is 6.29 Å². The number of Topliss-reactive ketones (excluding diaryl/α,β-unsaturated/α-hetero) is 1. The number of ketones is 1. The fourth-order valence-corrected chi connectivity index (χ4v) is 2.41. The Morgan fingerprint density at radius 3 is 2.32 bits per heavy atom. The lowest BCUT2D eigenvalue weighted by atomic mass is 9.98. The van der Waals surface area contributed by atoms with E-state index in [2.05, 4.69) is 5.32 Å². The maximum Gasteiger partial charge on any atom is 0.234 e. The van der Waals surface area contributed by atoms with Gasteiger partial charge in [0, 0.05) is 5.92 Å². The molecule has 1 aliphatic rings. The molecular weight excluding hydrogens is 244 g/mol. The first-order chi connectivity index (χ1) is 8.93. The van der Waals surface area contributed by atoms with Crippen LogP contribution in [0, 0.1) is 11.8 Å². The Morgan fingerprint density at radius 1 is 1.32 bits per heavy atom. The summed E-state index contributed by atoms with van der Waals surface area (Å²) < 4.78 is 0. The zero-order valence-electron chi connectivity index (χ0n) is 12.0. The van der Waals surface area contributed by atoms with E-state index in [1.807, 2.05) is 18.7 Å². The van der Waals surface area contributed by atoms with Gasteiger partial charge in [-0.3, -0.25) is 14.5 Å². The molecule has 5 nitrogen and oxygen atoms in total. The molecule has 1 rings (SSSR count). The Kier molecular flexibility index (Phi) is 6.15. The lowest BCUT2D eigenvalue weighted by Crippen LogP contribution is -2.48. The summed E-state index contributed by atoms with van der Waals surface area (Å²) >= 11 is 0. The van der Waals surface area contributed by atoms with Crippen molar-refractivity contribution < 1.29 is 14.4 Å². The summed E-state index contributed by atoms with van der Waals surface area (Å²) in [5, 5.41) is 2.79. The van der Waals surface area contributed by atoms with E-state index in [-0.39, 0.29) is 23.5 Å². The summed E-state index contributed by atoms with van der Waals surface area (Å²) in [5.74, 6) is 0.114. The van der Waals surface area contributed by atoms with Crippen LogP contribution in [0.4, 0.5) is 0 Å². The lowest BCUT2D eigenvalue weighted by molar-refractivity contribution is -0.128. The average molecular weight is 268 g/mol. The van der Waals surface area contributed by atoms with Crippen LogP contribution in [0.25, 0.3) is 0 Å². The second-order valence-corrected chi connectivity index (χ2v) is 5.65. The third-order valence-corrected chi connectivity index (χ3v) is 3.61. The van der Waals surface area contributed by atoms with Gasteiger partial charge in [0.25, 0.3) is 0 Å². The van der Waals surface area contributed by atoms with Crippen LogP contribution in [0.5, 0.6) is 0 Å². The Labute approximate surface area is 114 Å². The highest BCUT2D eigenvalue weighted by molar-refractivity contribution is 5.88. The van der Waals surface area contributed by atoms with Crippen molar-refractivity contribution in [3.8, 4) is 0 Å². The maximum atomic E-state index is 11.9. The summed E-state index contributed by atoms with van der Waals surface area (Å²) in [6, 6.07) is -0.403. The normalized spacial score (nSPS) is 19.2. The van der Waals surface area contributed by atoms with Crippen molar-refractivity contribution in [1.29, 1.82) is 0 Å². The predicted molar refractivity (Wildman–Crippen MR) is 72.7 cm³/mol. The molecule has 0 aliphatic carbocycles. The van der Waals surface area contributed by atoms with Crippen LogP contribution in [0.15, 0.2) is 0 Å². The van der Waals surface area contributed by atoms with Gasteiger partial charge in [-0.05, 0) is 38.8 Å². The number of nitrogens with zero attached hydrogens (tertiary/aromatic N) is 1. The zero-order chi connectivity index (χ0) is 14.4. The van der Waals surface area contributed by atoms with E-state index in [4.69, 9.17) is 0 Å². The highest BCUT2D eigenvalue weighted by Crippen LogP contribution is 2.14. The van der Waals surface area contributed by atoms with Crippen LogP contribution in [0.3, 0.4) is 0 Å². The summed E-state index contributed by atoms with van der Waals surface area (Å²) in [7, 11) is 0. The largest absolute Gasteiger partial charge is 0.345 e. The monoisotopic (exact) mass is 268 g/mol. The van der Waals surface area contributed by atoms with Gasteiger partial charge >= 0.3 is 0 Å². The Morgan fingerprint density at radius 2 is 1.89 bits per heavy atom. The number of amides is 1. The summed E-state index contributed by atoms with van der Waals surface area (Å²) in [4.78, 5) is 36.0. The Hall–Kier alpha value is -1.23. The molecule has 0 aromatic rings. The molecule has 0 radical (unpaired) electrons. The number of piperidine rings is 1. The third kappa shape index (κ3) is 5.11. The van der Waals surface area contributed by atoms with E-state index in [9.17, 15) is 14.4 Å². The van der Waals surface area contributed by atoms with Crippen molar-refractivity contribution in [3.63, 3.8) is 0 Å². The molecule has 1 fully saturated rings. The Bertz CT molecular complexity index is 334. The maximum absolute atomic E-state index is 11.9. The van der Waals surface area contributed by atoms with E-state index < -0.39 is 6.04 Å². The first-order valence-corrected chi connectivity index (χ1v) is 6.91. The van der Waals surface area contributed by atoms with Gasteiger partial charge in [-0.1, -0.05) is 13.8 Å². The number of rotatable bonds is 6. The van der Waals surface area contributed by atoms with Crippen molar-refractivity contribution in [2.24, 2.45) is 11.8 Å². The summed E-state index contributed by atoms with van der Waals surface area (Å²) in [6.07, 6.45) is 2.64. The standard InChI is InChI=1S/C14H24N2O3/c1-10(2)14(11(3)18)15-13(19)8-16-6-4-12(9-17)5-7-16/h9-10,12,14H,4-8H2,1-3H3,(H,15,19). The third-order valence-electron chi connectivity index (χ3n) is 3.61. The lowest BCUT2D eigenvalue weighted by Gasteiger charge is -2.29. The van der Waals surface area contributed by atoms with Gasteiger partial charge < -0.3 is 10.1 Å². The summed E-state index contributed by atoms with van der Waals surface area (Å²) in [6.45, 7) is 7.18. The minimum Gasteiger partial charge on any atom is -0.345 e. The topological polar surface area (TPSA) is 66.5 Å². The molecule has 1 saturated heterocycles. The molecule has 1 amide bonds. The highest BCUT2D eigenvalue weighted by atomic mass is 16.2. The highest BCUT2D eigenvalue weighted by Gasteiger charge is 2.24. The molecule has 1 heterocycles. The fraction of sp³-hybridized carbons (Fsp3) is 0.786. The molecule has 0 saturated carbocycles. The van der Waals surface area contributed by atoms with Crippen molar-refractivity contribution in [2.45, 2.75) is 39.7 Å². The predicted octanol–water partition coefficient (Wildman–Crippen LogP) is 0.627. The number of carbonyl (C=O) groups excluding carboxylic acids is 3. The number of hydrogen-bond donors (Lipinski definition) is 1. The molecule has 0 aromatic heterocycles. The molecule has 5 heteroatoms. The van der Waals surface area contributed by atoms with Crippen LogP contribution in [-0.4, -0.2) is 48.6 Å². The van der Waals surface area contributed by atoms with Crippen LogP contribution in [0.2, 0.25) is 0 Å². The molecule has 108 valence electrons. The molecule has 1 aliphatic heterocycles. The van der Waals surface area contributed by atoms with Crippen LogP contribution in [0.1, 0.15) is 33.6 Å². The van der Waals surface area contributed by atoms with Gasteiger partial charge in [-0.2, -0.15) is 0 Å². The van der Waals surface area contributed by atoms with E-state index in [0.29, 0.717) is 6.54 Å². The van der Waals surface area contributed by atoms with Crippen LogP contribution in [-0.2, 0) is 14.4 Å². The molecule has 0 spiro atoms. The zero-order valence-corrected chi connectivity index (χ0v) is 12.0. The van der Waals surface area contributed by atoms with Crippen molar-refractivity contribution in [1.82, 2.24) is 10.2 Å². The van der Waals surface area contributed by atoms with E-state index in [1.54, 1.807) is 0 Å². The molecule has 1 N–H and O–H groups in total. The van der Waals surface area contributed by atoms with E-state index in [1.165, 1.54) is 6.92 Å². The van der Waals surface area contributed by atoms with Crippen molar-refractivity contribution in [2.75, 3.05) is 19.6 Å². The molecule has 1 unspecified atom stereocenters. The minimum absolute atomic E-state index is 0.0111. The molecule has 1 atom stereocenters.